The second-order valence-corrected chi connectivity index (χ2v) is 6.39. The SMILES string of the molecule is CCNS(=O)(=O)c1ccccc1NCc1ccc(C)nc1. The average Bonchev–Trinajstić information content (AvgIpc) is 2.47. The van der Waals surface area contributed by atoms with Crippen LogP contribution in [0.2, 0.25) is 0 Å². The van der Waals surface area contributed by atoms with Gasteiger partial charge in [-0.2, -0.15) is 0 Å². The number of hydrogen-bond donors (Lipinski definition) is 2. The van der Waals surface area contributed by atoms with E-state index < -0.39 is 10.0 Å². The molecule has 6 heteroatoms. The molecular weight excluding hydrogens is 286 g/mol. The molecule has 2 rings (SSSR count). The van der Waals surface area contributed by atoms with Gasteiger partial charge in [-0.25, -0.2) is 13.1 Å². The number of sulfonamides is 1. The van der Waals surface area contributed by atoms with Crippen molar-refractivity contribution in [1.82, 2.24) is 9.71 Å². The lowest BCUT2D eigenvalue weighted by molar-refractivity contribution is 0.584. The molecule has 1 aromatic carbocycles. The van der Waals surface area contributed by atoms with Gasteiger partial charge in [0.1, 0.15) is 4.90 Å². The number of hydrogen-bond acceptors (Lipinski definition) is 4. The summed E-state index contributed by atoms with van der Waals surface area (Å²) >= 11 is 0. The topological polar surface area (TPSA) is 71.1 Å². The minimum Gasteiger partial charge on any atom is -0.380 e. The molecule has 0 saturated heterocycles. The highest BCUT2D eigenvalue weighted by Crippen LogP contribution is 2.21. The number of aromatic nitrogens is 1. The van der Waals surface area contributed by atoms with Crippen LogP contribution in [0, 0.1) is 6.92 Å². The lowest BCUT2D eigenvalue weighted by Gasteiger charge is -2.12. The maximum absolute atomic E-state index is 12.1. The highest BCUT2D eigenvalue weighted by molar-refractivity contribution is 7.89. The Balaban J connectivity index is 2.19. The Morgan fingerprint density at radius 2 is 1.90 bits per heavy atom. The number of para-hydroxylation sites is 1. The number of rotatable bonds is 6. The van der Waals surface area contributed by atoms with Crippen LogP contribution in [0.3, 0.4) is 0 Å². The predicted molar refractivity (Wildman–Crippen MR) is 83.6 cm³/mol. The second-order valence-electron chi connectivity index (χ2n) is 4.66. The summed E-state index contributed by atoms with van der Waals surface area (Å²) in [7, 11) is -3.48. The number of anilines is 1. The standard InChI is InChI=1S/C15H19N3O2S/c1-3-18-21(19,20)15-7-5-4-6-14(15)17-11-13-9-8-12(2)16-10-13/h4-10,17-18H,3,11H2,1-2H3. The lowest BCUT2D eigenvalue weighted by Crippen LogP contribution is -2.24. The molecule has 0 fully saturated rings. The summed E-state index contributed by atoms with van der Waals surface area (Å²) in [6.07, 6.45) is 1.78. The Kier molecular flexibility index (Phi) is 4.93. The summed E-state index contributed by atoms with van der Waals surface area (Å²) in [5.74, 6) is 0. The van der Waals surface area contributed by atoms with Crippen LogP contribution in [0.1, 0.15) is 18.2 Å². The van der Waals surface area contributed by atoms with Gasteiger partial charge in [0.2, 0.25) is 10.0 Å². The molecular formula is C15H19N3O2S. The van der Waals surface area contributed by atoms with E-state index >= 15 is 0 Å². The fraction of sp³-hybridized carbons (Fsp3) is 0.267. The third-order valence-electron chi connectivity index (χ3n) is 2.97. The highest BCUT2D eigenvalue weighted by Gasteiger charge is 2.16. The minimum absolute atomic E-state index is 0.256. The zero-order chi connectivity index (χ0) is 15.3. The van der Waals surface area contributed by atoms with Crippen LogP contribution in [-0.2, 0) is 16.6 Å². The molecule has 0 aliphatic rings. The maximum atomic E-state index is 12.1. The zero-order valence-corrected chi connectivity index (χ0v) is 12.9. The van der Waals surface area contributed by atoms with Crippen molar-refractivity contribution in [2.45, 2.75) is 25.3 Å². The van der Waals surface area contributed by atoms with E-state index in [-0.39, 0.29) is 4.90 Å². The van der Waals surface area contributed by atoms with Gasteiger partial charge in [-0.05, 0) is 30.7 Å². The number of aryl methyl sites for hydroxylation is 1. The van der Waals surface area contributed by atoms with Crippen LogP contribution in [0.4, 0.5) is 5.69 Å². The monoisotopic (exact) mass is 305 g/mol. The van der Waals surface area contributed by atoms with Crippen LogP contribution >= 0.6 is 0 Å². The Hall–Kier alpha value is -1.92. The molecule has 5 nitrogen and oxygen atoms in total. The van der Waals surface area contributed by atoms with Gasteiger partial charge in [0.25, 0.3) is 0 Å². The van der Waals surface area contributed by atoms with E-state index in [9.17, 15) is 8.42 Å². The molecule has 1 heterocycles. The Morgan fingerprint density at radius 3 is 2.57 bits per heavy atom. The zero-order valence-electron chi connectivity index (χ0n) is 12.1. The molecule has 0 spiro atoms. The van der Waals surface area contributed by atoms with E-state index in [1.807, 2.05) is 19.1 Å². The number of benzene rings is 1. The van der Waals surface area contributed by atoms with Crippen molar-refractivity contribution in [1.29, 1.82) is 0 Å². The maximum Gasteiger partial charge on any atom is 0.242 e. The second kappa shape index (κ2) is 6.69. The van der Waals surface area contributed by atoms with E-state index in [2.05, 4.69) is 15.0 Å². The quantitative estimate of drug-likeness (QED) is 0.859. The van der Waals surface area contributed by atoms with Crippen molar-refractivity contribution < 1.29 is 8.42 Å². The van der Waals surface area contributed by atoms with Crippen LogP contribution in [-0.4, -0.2) is 19.9 Å². The Bertz CT molecular complexity index is 697. The van der Waals surface area contributed by atoms with Gasteiger partial charge in [-0.15, -0.1) is 0 Å². The van der Waals surface area contributed by atoms with Crippen LogP contribution in [0.15, 0.2) is 47.5 Å². The van der Waals surface area contributed by atoms with Gasteiger partial charge in [-0.3, -0.25) is 4.98 Å². The Morgan fingerprint density at radius 1 is 1.14 bits per heavy atom. The summed E-state index contributed by atoms with van der Waals surface area (Å²) in [4.78, 5) is 4.48. The van der Waals surface area contributed by atoms with Gasteiger partial charge in [0.15, 0.2) is 0 Å². The van der Waals surface area contributed by atoms with Gasteiger partial charge < -0.3 is 5.32 Å². The molecule has 0 aliphatic heterocycles. The van der Waals surface area contributed by atoms with E-state index in [1.165, 1.54) is 0 Å². The number of nitrogens with zero attached hydrogens (tertiary/aromatic N) is 1. The minimum atomic E-state index is -3.48. The number of nitrogens with one attached hydrogen (secondary N) is 2. The molecule has 0 aliphatic carbocycles. The molecule has 112 valence electrons. The van der Waals surface area contributed by atoms with E-state index in [1.54, 1.807) is 37.4 Å². The molecule has 1 aromatic heterocycles. The van der Waals surface area contributed by atoms with Crippen molar-refractivity contribution in [2.24, 2.45) is 0 Å². The van der Waals surface area contributed by atoms with Crippen molar-refractivity contribution in [2.75, 3.05) is 11.9 Å². The first-order chi connectivity index (χ1) is 10.0. The fourth-order valence-corrected chi connectivity index (χ4v) is 3.14. The summed E-state index contributed by atoms with van der Waals surface area (Å²) in [5, 5.41) is 3.15. The molecule has 0 radical (unpaired) electrons. The number of pyridine rings is 1. The van der Waals surface area contributed by atoms with Gasteiger partial charge in [0.05, 0.1) is 5.69 Å². The third-order valence-corrected chi connectivity index (χ3v) is 4.57. The fourth-order valence-electron chi connectivity index (χ4n) is 1.92. The molecule has 2 aromatic rings. The summed E-state index contributed by atoms with van der Waals surface area (Å²) in [6.45, 7) is 4.56. The van der Waals surface area contributed by atoms with Crippen molar-refractivity contribution in [3.8, 4) is 0 Å². The lowest BCUT2D eigenvalue weighted by atomic mass is 10.2. The molecule has 2 N–H and O–H groups in total. The Labute approximate surface area is 125 Å². The average molecular weight is 305 g/mol. The van der Waals surface area contributed by atoms with E-state index in [0.717, 1.165) is 11.3 Å². The molecule has 0 bridgehead atoms. The predicted octanol–water partition coefficient (Wildman–Crippen LogP) is 2.30. The third kappa shape index (κ3) is 4.03. The van der Waals surface area contributed by atoms with Crippen LogP contribution in [0.25, 0.3) is 0 Å². The first-order valence-corrected chi connectivity index (χ1v) is 8.25. The first kappa shape index (κ1) is 15.5. The molecule has 0 atom stereocenters. The van der Waals surface area contributed by atoms with Crippen LogP contribution < -0.4 is 10.0 Å². The van der Waals surface area contributed by atoms with Crippen molar-refractivity contribution in [3.63, 3.8) is 0 Å². The smallest absolute Gasteiger partial charge is 0.242 e. The highest BCUT2D eigenvalue weighted by atomic mass is 32.2. The molecule has 0 amide bonds. The largest absolute Gasteiger partial charge is 0.380 e. The summed E-state index contributed by atoms with van der Waals surface area (Å²) in [5.41, 5.74) is 2.53. The van der Waals surface area contributed by atoms with Gasteiger partial charge in [0, 0.05) is 25.0 Å². The van der Waals surface area contributed by atoms with Gasteiger partial charge in [-0.1, -0.05) is 25.1 Å². The summed E-state index contributed by atoms with van der Waals surface area (Å²) in [6, 6.07) is 10.8. The van der Waals surface area contributed by atoms with Crippen molar-refractivity contribution in [3.05, 3.63) is 53.9 Å². The normalized spacial score (nSPS) is 11.3. The first-order valence-electron chi connectivity index (χ1n) is 6.77. The van der Waals surface area contributed by atoms with E-state index in [4.69, 9.17) is 0 Å². The molecule has 0 saturated carbocycles. The van der Waals surface area contributed by atoms with E-state index in [0.29, 0.717) is 18.8 Å². The summed E-state index contributed by atoms with van der Waals surface area (Å²) < 4.78 is 26.8. The van der Waals surface area contributed by atoms with Crippen molar-refractivity contribution >= 4 is 15.7 Å². The molecule has 0 unspecified atom stereocenters. The molecule has 21 heavy (non-hydrogen) atoms. The van der Waals surface area contributed by atoms with Crippen LogP contribution in [0.5, 0.6) is 0 Å². The van der Waals surface area contributed by atoms with Gasteiger partial charge >= 0.3 is 0 Å².